The van der Waals surface area contributed by atoms with Crippen LogP contribution in [0.5, 0.6) is 0 Å². The third-order valence-electron chi connectivity index (χ3n) is 3.13. The standard InChI is InChI=1S/C17H17ClN2O2/c1-12-6-5-7-14(10-12)19-17(22)11-20(13(2)21)16-9-4-3-8-15(16)18/h3-10H,11H2,1-2H3,(H,19,22). The molecular weight excluding hydrogens is 300 g/mol. The summed E-state index contributed by atoms with van der Waals surface area (Å²) in [6, 6.07) is 14.4. The number of para-hydroxylation sites is 1. The van der Waals surface area contributed by atoms with Crippen LogP contribution in [0.25, 0.3) is 0 Å². The zero-order valence-electron chi connectivity index (χ0n) is 12.5. The molecule has 0 bridgehead atoms. The van der Waals surface area contributed by atoms with Gasteiger partial charge in [0, 0.05) is 12.6 Å². The molecule has 0 unspecified atom stereocenters. The van der Waals surface area contributed by atoms with Crippen molar-refractivity contribution in [2.45, 2.75) is 13.8 Å². The molecule has 0 radical (unpaired) electrons. The van der Waals surface area contributed by atoms with Crippen LogP contribution in [0.3, 0.4) is 0 Å². The monoisotopic (exact) mass is 316 g/mol. The molecule has 0 saturated carbocycles. The Morgan fingerprint density at radius 1 is 1.14 bits per heavy atom. The van der Waals surface area contributed by atoms with E-state index < -0.39 is 0 Å². The maximum atomic E-state index is 12.2. The molecule has 0 aliphatic rings. The van der Waals surface area contributed by atoms with Crippen molar-refractivity contribution in [2.75, 3.05) is 16.8 Å². The van der Waals surface area contributed by atoms with Gasteiger partial charge in [-0.05, 0) is 36.8 Å². The van der Waals surface area contributed by atoms with Crippen molar-refractivity contribution in [3.05, 3.63) is 59.1 Å². The SMILES string of the molecule is CC(=O)N(CC(=O)Nc1cccc(C)c1)c1ccccc1Cl. The van der Waals surface area contributed by atoms with Crippen LogP contribution in [0.4, 0.5) is 11.4 Å². The Balaban J connectivity index is 2.13. The highest BCUT2D eigenvalue weighted by molar-refractivity contribution is 6.33. The van der Waals surface area contributed by atoms with Crippen molar-refractivity contribution < 1.29 is 9.59 Å². The fraction of sp³-hybridized carbons (Fsp3) is 0.176. The zero-order chi connectivity index (χ0) is 16.1. The van der Waals surface area contributed by atoms with E-state index in [1.54, 1.807) is 30.3 Å². The van der Waals surface area contributed by atoms with Gasteiger partial charge in [-0.2, -0.15) is 0 Å². The number of amides is 2. The quantitative estimate of drug-likeness (QED) is 0.936. The molecule has 0 spiro atoms. The van der Waals surface area contributed by atoms with Gasteiger partial charge in [0.25, 0.3) is 0 Å². The van der Waals surface area contributed by atoms with E-state index in [0.717, 1.165) is 5.56 Å². The highest BCUT2D eigenvalue weighted by Crippen LogP contribution is 2.25. The summed E-state index contributed by atoms with van der Waals surface area (Å²) in [6.07, 6.45) is 0. The lowest BCUT2D eigenvalue weighted by atomic mass is 10.2. The van der Waals surface area contributed by atoms with Gasteiger partial charge in [-0.15, -0.1) is 0 Å². The molecular formula is C17H17ClN2O2. The highest BCUT2D eigenvalue weighted by Gasteiger charge is 2.18. The first kappa shape index (κ1) is 16.0. The van der Waals surface area contributed by atoms with E-state index in [1.807, 2.05) is 25.1 Å². The minimum atomic E-state index is -0.277. The lowest BCUT2D eigenvalue weighted by Gasteiger charge is -2.21. The van der Waals surface area contributed by atoms with Crippen LogP contribution in [-0.2, 0) is 9.59 Å². The van der Waals surface area contributed by atoms with Crippen LogP contribution in [0.1, 0.15) is 12.5 Å². The third kappa shape index (κ3) is 4.09. The largest absolute Gasteiger partial charge is 0.325 e. The molecule has 0 fully saturated rings. The van der Waals surface area contributed by atoms with Crippen molar-refractivity contribution in [2.24, 2.45) is 0 Å². The molecule has 114 valence electrons. The van der Waals surface area contributed by atoms with Crippen molar-refractivity contribution in [3.8, 4) is 0 Å². The van der Waals surface area contributed by atoms with Gasteiger partial charge < -0.3 is 10.2 Å². The van der Waals surface area contributed by atoms with E-state index in [0.29, 0.717) is 16.4 Å². The second-order valence-corrected chi connectivity index (χ2v) is 5.38. The number of aryl methyl sites for hydroxylation is 1. The summed E-state index contributed by atoms with van der Waals surface area (Å²) in [5.74, 6) is -0.520. The second kappa shape index (κ2) is 7.09. The molecule has 2 aromatic rings. The number of benzene rings is 2. The molecule has 1 N–H and O–H groups in total. The normalized spacial score (nSPS) is 10.1. The number of hydrogen-bond donors (Lipinski definition) is 1. The third-order valence-corrected chi connectivity index (χ3v) is 3.45. The van der Waals surface area contributed by atoms with Gasteiger partial charge in [0.15, 0.2) is 0 Å². The number of carbonyl (C=O) groups excluding carboxylic acids is 2. The molecule has 0 aliphatic carbocycles. The van der Waals surface area contributed by atoms with Crippen LogP contribution >= 0.6 is 11.6 Å². The van der Waals surface area contributed by atoms with Gasteiger partial charge in [-0.1, -0.05) is 35.9 Å². The van der Waals surface area contributed by atoms with Gasteiger partial charge in [0.2, 0.25) is 11.8 Å². The molecule has 4 nitrogen and oxygen atoms in total. The van der Waals surface area contributed by atoms with E-state index >= 15 is 0 Å². The summed E-state index contributed by atoms with van der Waals surface area (Å²) in [4.78, 5) is 25.4. The van der Waals surface area contributed by atoms with Gasteiger partial charge >= 0.3 is 0 Å². The van der Waals surface area contributed by atoms with Crippen molar-refractivity contribution in [1.29, 1.82) is 0 Å². The number of anilines is 2. The van der Waals surface area contributed by atoms with E-state index in [4.69, 9.17) is 11.6 Å². The minimum absolute atomic E-state index is 0.0903. The highest BCUT2D eigenvalue weighted by atomic mass is 35.5. The minimum Gasteiger partial charge on any atom is -0.325 e. The average molecular weight is 317 g/mol. The summed E-state index contributed by atoms with van der Waals surface area (Å²) in [7, 11) is 0. The predicted molar refractivity (Wildman–Crippen MR) is 89.3 cm³/mol. The number of hydrogen-bond acceptors (Lipinski definition) is 2. The first-order valence-corrected chi connectivity index (χ1v) is 7.24. The van der Waals surface area contributed by atoms with Gasteiger partial charge in [0.1, 0.15) is 6.54 Å². The fourth-order valence-electron chi connectivity index (χ4n) is 2.10. The first-order chi connectivity index (χ1) is 10.5. The fourth-order valence-corrected chi connectivity index (χ4v) is 2.34. The zero-order valence-corrected chi connectivity index (χ0v) is 13.2. The van der Waals surface area contributed by atoms with Crippen LogP contribution in [0.15, 0.2) is 48.5 Å². The Kier molecular flexibility index (Phi) is 5.17. The Morgan fingerprint density at radius 2 is 1.86 bits per heavy atom. The lowest BCUT2D eigenvalue weighted by Crippen LogP contribution is -2.36. The molecule has 2 rings (SSSR count). The summed E-state index contributed by atoms with van der Waals surface area (Å²) in [6.45, 7) is 3.26. The van der Waals surface area contributed by atoms with Crippen LogP contribution in [0, 0.1) is 6.92 Å². The molecule has 0 aliphatic heterocycles. The van der Waals surface area contributed by atoms with E-state index in [2.05, 4.69) is 5.32 Å². The van der Waals surface area contributed by atoms with Crippen molar-refractivity contribution >= 4 is 34.8 Å². The molecule has 22 heavy (non-hydrogen) atoms. The maximum absolute atomic E-state index is 12.2. The van der Waals surface area contributed by atoms with Crippen LogP contribution < -0.4 is 10.2 Å². The Bertz CT molecular complexity index is 701. The van der Waals surface area contributed by atoms with E-state index in [9.17, 15) is 9.59 Å². The maximum Gasteiger partial charge on any atom is 0.244 e. The second-order valence-electron chi connectivity index (χ2n) is 4.97. The molecule has 5 heteroatoms. The molecule has 0 heterocycles. The molecule has 0 saturated heterocycles. The molecule has 2 amide bonds. The first-order valence-electron chi connectivity index (χ1n) is 6.86. The topological polar surface area (TPSA) is 49.4 Å². The van der Waals surface area contributed by atoms with Gasteiger partial charge in [-0.3, -0.25) is 9.59 Å². The van der Waals surface area contributed by atoms with E-state index in [-0.39, 0.29) is 18.4 Å². The predicted octanol–water partition coefficient (Wildman–Crippen LogP) is 3.64. The summed E-state index contributed by atoms with van der Waals surface area (Å²) in [5.41, 5.74) is 2.27. The van der Waals surface area contributed by atoms with Gasteiger partial charge in [-0.25, -0.2) is 0 Å². The van der Waals surface area contributed by atoms with Crippen molar-refractivity contribution in [3.63, 3.8) is 0 Å². The van der Waals surface area contributed by atoms with Gasteiger partial charge in [0.05, 0.1) is 10.7 Å². The number of carbonyl (C=O) groups is 2. The lowest BCUT2D eigenvalue weighted by molar-refractivity contribution is -0.120. The number of nitrogens with one attached hydrogen (secondary N) is 1. The summed E-state index contributed by atoms with van der Waals surface area (Å²) >= 11 is 6.10. The average Bonchev–Trinajstić information content (AvgIpc) is 2.45. The molecule has 0 aromatic heterocycles. The number of nitrogens with zero attached hydrogens (tertiary/aromatic N) is 1. The number of rotatable bonds is 4. The number of halogens is 1. The van der Waals surface area contributed by atoms with Crippen LogP contribution in [0.2, 0.25) is 5.02 Å². The summed E-state index contributed by atoms with van der Waals surface area (Å²) < 4.78 is 0. The Hall–Kier alpha value is -2.33. The smallest absolute Gasteiger partial charge is 0.244 e. The van der Waals surface area contributed by atoms with E-state index in [1.165, 1.54) is 11.8 Å². The van der Waals surface area contributed by atoms with Crippen molar-refractivity contribution in [1.82, 2.24) is 0 Å². The molecule has 0 atom stereocenters. The Morgan fingerprint density at radius 3 is 2.50 bits per heavy atom. The Labute approximate surface area is 134 Å². The molecule has 2 aromatic carbocycles. The van der Waals surface area contributed by atoms with Crippen LogP contribution in [-0.4, -0.2) is 18.4 Å². The summed E-state index contributed by atoms with van der Waals surface area (Å²) in [5, 5.41) is 3.21.